The van der Waals surface area contributed by atoms with Gasteiger partial charge >= 0.3 is 19.8 Å². The van der Waals surface area contributed by atoms with E-state index in [9.17, 15) is 8.42 Å². The van der Waals surface area contributed by atoms with E-state index in [1.165, 1.54) is 0 Å². The van der Waals surface area contributed by atoms with E-state index in [2.05, 4.69) is 29.4 Å². The second kappa shape index (κ2) is 10.9. The minimum Gasteiger partial charge on any atom is -0.697 e. The summed E-state index contributed by atoms with van der Waals surface area (Å²) in [6.07, 6.45) is 2.59. The Hall–Kier alpha value is -2.22. The molecule has 4 rings (SSSR count). The van der Waals surface area contributed by atoms with E-state index in [0.717, 1.165) is 29.4 Å². The number of nitrogens with zero attached hydrogens (tertiary/aromatic N) is 2. The molecule has 0 saturated carbocycles. The maximum absolute atomic E-state index is 12.3. The molecule has 1 aliphatic rings. The Morgan fingerprint density at radius 2 is 2.00 bits per heavy atom. The van der Waals surface area contributed by atoms with E-state index in [1.807, 2.05) is 13.0 Å². The van der Waals surface area contributed by atoms with E-state index in [-0.39, 0.29) is 25.8 Å². The van der Waals surface area contributed by atoms with Crippen molar-refractivity contribution in [3.05, 3.63) is 65.5 Å². The molecule has 2 aromatic carbocycles. The molecule has 1 aromatic heterocycles. The van der Waals surface area contributed by atoms with Gasteiger partial charge in [0.25, 0.3) is 0 Å². The molecule has 2 heterocycles. The summed E-state index contributed by atoms with van der Waals surface area (Å²) in [6, 6.07) is 15.2. The Balaban J connectivity index is 0.000000220. The van der Waals surface area contributed by atoms with Gasteiger partial charge in [0.15, 0.2) is 0 Å². The molecule has 0 amide bonds. The van der Waals surface area contributed by atoms with Gasteiger partial charge in [-0.05, 0) is 23.8 Å². The average Bonchev–Trinajstić information content (AvgIpc) is 3.23. The van der Waals surface area contributed by atoms with Crippen molar-refractivity contribution < 1.29 is 28.2 Å². The predicted octanol–water partition coefficient (Wildman–Crippen LogP) is 3.89. The number of aromatic nitrogens is 1. The quantitative estimate of drug-likeness (QED) is 0.437. The van der Waals surface area contributed by atoms with Gasteiger partial charge in [0.05, 0.1) is 5.56 Å². The van der Waals surface area contributed by atoms with Crippen LogP contribution in [-0.4, -0.2) is 43.4 Å². The van der Waals surface area contributed by atoms with E-state index >= 15 is 0 Å². The van der Waals surface area contributed by atoms with Gasteiger partial charge in [-0.15, -0.1) is 5.69 Å². The number of hydrogen-bond acceptors (Lipinski definition) is 4. The third kappa shape index (κ3) is 5.53. The number of aryl methyl sites for hydroxylation is 1. The van der Waals surface area contributed by atoms with Crippen molar-refractivity contribution in [3.8, 4) is 6.07 Å². The van der Waals surface area contributed by atoms with E-state index in [0.29, 0.717) is 29.2 Å². The monoisotopic (exact) mass is 615 g/mol. The maximum Gasteiger partial charge on any atom is 2.00 e. The number of hydrogen-bond donors (Lipinski definition) is 2. The van der Waals surface area contributed by atoms with Crippen LogP contribution in [0.5, 0.6) is 0 Å². The van der Waals surface area contributed by atoms with Crippen molar-refractivity contribution in [2.24, 2.45) is 0 Å². The minimum absolute atomic E-state index is 0. The largest absolute Gasteiger partial charge is 2.00 e. The first-order valence-corrected chi connectivity index (χ1v) is 11.2. The molecule has 1 aliphatic heterocycles. The Kier molecular flexibility index (Phi) is 8.79. The van der Waals surface area contributed by atoms with Crippen LogP contribution in [0.2, 0.25) is 0 Å². The zero-order valence-electron chi connectivity index (χ0n) is 17.4. The summed E-state index contributed by atoms with van der Waals surface area (Å²) in [5.41, 5.74) is 10.4. The first-order valence-electron chi connectivity index (χ1n) is 9.80. The molecule has 7 nitrogen and oxygen atoms in total. The van der Waals surface area contributed by atoms with Gasteiger partial charge in [-0.2, -0.15) is 39.9 Å². The summed E-state index contributed by atoms with van der Waals surface area (Å²) in [5.74, 6) is 0. The molecule has 1 saturated heterocycles. The summed E-state index contributed by atoms with van der Waals surface area (Å²) in [7, 11) is -3.33. The smallest absolute Gasteiger partial charge is 0.697 e. The summed E-state index contributed by atoms with van der Waals surface area (Å²) < 4.78 is 26.2. The van der Waals surface area contributed by atoms with Gasteiger partial charge in [0.2, 0.25) is 10.0 Å². The van der Waals surface area contributed by atoms with Crippen LogP contribution in [-0.2, 0) is 29.8 Å². The molecule has 0 bridgehead atoms. The minimum atomic E-state index is -3.33. The van der Waals surface area contributed by atoms with Crippen LogP contribution in [0, 0.1) is 24.3 Å². The molecule has 0 radical (unpaired) electrons. The number of fused-ring (bicyclic) bond motifs is 1. The van der Waals surface area contributed by atoms with E-state index in [4.69, 9.17) is 11.0 Å². The zero-order chi connectivity index (χ0) is 21.7. The maximum atomic E-state index is 12.3. The number of benzene rings is 2. The van der Waals surface area contributed by atoms with Crippen LogP contribution < -0.4 is 5.32 Å². The summed E-state index contributed by atoms with van der Waals surface area (Å²) >= 11 is 0. The van der Waals surface area contributed by atoms with Gasteiger partial charge in [0.1, 0.15) is 6.07 Å². The third-order valence-electron chi connectivity index (χ3n) is 5.20. The Labute approximate surface area is 196 Å². The van der Waals surface area contributed by atoms with Crippen molar-refractivity contribution in [1.82, 2.24) is 14.6 Å². The molecule has 1 fully saturated rings. The number of sulfonamides is 1. The summed E-state index contributed by atoms with van der Waals surface area (Å²) in [6.45, 7) is 5.81. The van der Waals surface area contributed by atoms with Crippen molar-refractivity contribution in [2.45, 2.75) is 31.2 Å². The molecule has 1 unspecified atom stereocenters. The third-order valence-corrected chi connectivity index (χ3v) is 7.08. The Bertz CT molecular complexity index is 1160. The van der Waals surface area contributed by atoms with Crippen LogP contribution in [0.1, 0.15) is 24.5 Å². The summed E-state index contributed by atoms with van der Waals surface area (Å²) in [5, 5.41) is 13.0. The number of piperazine rings is 1. The second-order valence-corrected chi connectivity index (χ2v) is 9.09. The number of rotatable bonds is 3. The normalized spacial score (nSPS) is 16.6. The zero-order valence-corrected chi connectivity index (χ0v) is 20.8. The second-order valence-electron chi connectivity index (χ2n) is 7.15. The molecular formula is C22H25N5O2OsS. The molecular weight excluding hydrogens is 589 g/mol. The number of nitrogens with one attached hydrogen (secondary N) is 3. The first kappa shape index (κ1) is 25.0. The molecule has 0 aliphatic carbocycles. The van der Waals surface area contributed by atoms with E-state index in [1.54, 1.807) is 40.8 Å². The van der Waals surface area contributed by atoms with Crippen molar-refractivity contribution >= 4 is 26.6 Å². The van der Waals surface area contributed by atoms with E-state index < -0.39 is 10.0 Å². The molecule has 1 atom stereocenters. The fourth-order valence-electron chi connectivity index (χ4n) is 3.49. The van der Waals surface area contributed by atoms with Crippen LogP contribution in [0.4, 0.5) is 5.69 Å². The number of H-pyrrole nitrogens is 1. The van der Waals surface area contributed by atoms with Gasteiger partial charge in [0, 0.05) is 42.8 Å². The van der Waals surface area contributed by atoms with Crippen LogP contribution >= 0.6 is 0 Å². The van der Waals surface area contributed by atoms with Gasteiger partial charge in [-0.1, -0.05) is 19.1 Å². The van der Waals surface area contributed by atoms with Crippen LogP contribution in [0.3, 0.4) is 0 Å². The Morgan fingerprint density at radius 1 is 1.29 bits per heavy atom. The van der Waals surface area contributed by atoms with Crippen molar-refractivity contribution in [3.63, 3.8) is 0 Å². The topological polar surface area (TPSA) is 113 Å². The van der Waals surface area contributed by atoms with Crippen molar-refractivity contribution in [1.29, 1.82) is 5.26 Å². The number of nitriles is 1. The standard InChI is InChI=1S/C12H17N2O2S.C10H8N3.Os/c1-2-11-10-14(9-8-13-11)17(15,16)12-6-4-3-5-7-12;1-6-2-3-8(12)10-9(6)7(4-11)5-13-10;/h4-7,11,13H,2,8-10H2,1H3;2-3,5,12-13H,1H3;/q2*-1;+2. The van der Waals surface area contributed by atoms with Gasteiger partial charge in [-0.3, -0.25) is 0 Å². The fourth-order valence-corrected chi connectivity index (χ4v) is 4.97. The summed E-state index contributed by atoms with van der Waals surface area (Å²) in [4.78, 5) is 3.29. The fraction of sp³-hybridized carbons (Fsp3) is 0.318. The predicted molar refractivity (Wildman–Crippen MR) is 118 cm³/mol. The SMILES string of the molecule is CCC1CN(S(=O)(=O)c2cc[c-]cc2)CCN1.Cc1ccc([NH-])c2[nH]cc(C#N)c12.[Os+2]. The van der Waals surface area contributed by atoms with Gasteiger partial charge in [-0.25, -0.2) is 8.42 Å². The van der Waals surface area contributed by atoms with Crippen LogP contribution in [0.15, 0.2) is 47.5 Å². The van der Waals surface area contributed by atoms with Crippen molar-refractivity contribution in [2.75, 3.05) is 19.6 Å². The molecule has 9 heteroatoms. The Morgan fingerprint density at radius 3 is 2.65 bits per heavy atom. The molecule has 3 N–H and O–H groups in total. The molecule has 3 aromatic rings. The molecule has 164 valence electrons. The first-order chi connectivity index (χ1) is 14.4. The van der Waals surface area contributed by atoms with Gasteiger partial charge < -0.3 is 16.0 Å². The average molecular weight is 614 g/mol. The number of aromatic amines is 1. The molecule has 31 heavy (non-hydrogen) atoms. The molecule has 0 spiro atoms. The van der Waals surface area contributed by atoms with Crippen LogP contribution in [0.25, 0.3) is 16.6 Å².